The highest BCUT2D eigenvalue weighted by Gasteiger charge is 2.52. The Morgan fingerprint density at radius 1 is 0.375 bits per heavy atom. The molecule has 0 saturated heterocycles. The monoisotopic (exact) mass is 722 g/mol. The average molecular weight is 723 g/mol. The lowest BCUT2D eigenvalue weighted by atomic mass is 9.70. The van der Waals surface area contributed by atoms with Crippen LogP contribution in [-0.4, -0.2) is 6.10 Å². The zero-order valence-electron chi connectivity index (χ0n) is 31.9. The Morgan fingerprint density at radius 3 is 1.36 bits per heavy atom. The fourth-order valence-electron chi connectivity index (χ4n) is 9.13. The number of hydrogen-bond acceptors (Lipinski definition) is 3. The normalized spacial score (nSPS) is 14.6. The van der Waals surface area contributed by atoms with Crippen molar-refractivity contribution in [3.05, 3.63) is 222 Å². The van der Waals surface area contributed by atoms with Gasteiger partial charge in [0.05, 0.1) is 11.5 Å². The van der Waals surface area contributed by atoms with Crippen molar-refractivity contribution < 1.29 is 4.74 Å². The maximum absolute atomic E-state index is 6.39. The van der Waals surface area contributed by atoms with Gasteiger partial charge >= 0.3 is 0 Å². The molecule has 0 amide bonds. The highest BCUT2D eigenvalue weighted by Crippen LogP contribution is 2.64. The summed E-state index contributed by atoms with van der Waals surface area (Å²) in [5.41, 5.74) is 17.7. The number of rotatable bonds is 8. The lowest BCUT2D eigenvalue weighted by molar-refractivity contribution is 0.242. The average Bonchev–Trinajstić information content (AvgIpc) is 3.68. The SMILES string of the molecule is Cc1ccc2c(c1)C1(c3ccccc3-c3ccc(N(c4ccccc4)c4ccc(N(c5ccccc5)c5ccccc5)cc4)cc31)c1cc(OC(C)C)ccc1-2. The molecule has 8 aromatic rings. The number of aryl methyl sites for hydroxylation is 1. The van der Waals surface area contributed by atoms with Crippen LogP contribution in [0.4, 0.5) is 34.1 Å². The van der Waals surface area contributed by atoms with E-state index in [0.717, 1.165) is 39.9 Å². The molecule has 270 valence electrons. The van der Waals surface area contributed by atoms with E-state index in [4.69, 9.17) is 4.74 Å². The number of para-hydroxylation sites is 3. The third kappa shape index (κ3) is 5.34. The minimum Gasteiger partial charge on any atom is -0.491 e. The second-order valence-corrected chi connectivity index (χ2v) is 15.1. The van der Waals surface area contributed by atoms with Crippen molar-refractivity contribution >= 4 is 34.1 Å². The minimum absolute atomic E-state index is 0.0723. The van der Waals surface area contributed by atoms with Gasteiger partial charge in [0.15, 0.2) is 0 Å². The predicted molar refractivity (Wildman–Crippen MR) is 233 cm³/mol. The lowest BCUT2D eigenvalue weighted by Crippen LogP contribution is -2.26. The second-order valence-electron chi connectivity index (χ2n) is 15.1. The molecule has 0 aliphatic heterocycles. The fraction of sp³-hybridized carbons (Fsp3) is 0.0943. The Kier molecular flexibility index (Phi) is 8.11. The van der Waals surface area contributed by atoms with Gasteiger partial charge in [-0.15, -0.1) is 0 Å². The molecular weight excluding hydrogens is 681 g/mol. The minimum atomic E-state index is -0.507. The van der Waals surface area contributed by atoms with Gasteiger partial charge in [-0.2, -0.15) is 0 Å². The fourth-order valence-corrected chi connectivity index (χ4v) is 9.13. The van der Waals surface area contributed by atoms with Crippen LogP contribution in [0.3, 0.4) is 0 Å². The standard InChI is InChI=1S/C53H42N2O/c1-36(2)56-44-29-32-48-46-30-23-37(3)33-50(46)53(52(48)35-44)49-22-14-13-21-45(49)47-31-28-43(34-51(47)53)55(40-19-11-6-12-20-40)42-26-24-41(25-27-42)54(38-15-7-4-8-16-38)39-17-9-5-10-18-39/h4-36H,1-3H3. The van der Waals surface area contributed by atoms with Crippen molar-refractivity contribution in [1.29, 1.82) is 0 Å². The maximum Gasteiger partial charge on any atom is 0.120 e. The molecule has 0 saturated carbocycles. The third-order valence-electron chi connectivity index (χ3n) is 11.3. The van der Waals surface area contributed by atoms with Crippen molar-refractivity contribution in [2.75, 3.05) is 9.80 Å². The first-order valence-electron chi connectivity index (χ1n) is 19.5. The van der Waals surface area contributed by atoms with Crippen molar-refractivity contribution in [2.45, 2.75) is 32.3 Å². The van der Waals surface area contributed by atoms with Crippen LogP contribution in [0.5, 0.6) is 5.75 Å². The zero-order valence-corrected chi connectivity index (χ0v) is 31.9. The molecule has 0 heterocycles. The summed E-state index contributed by atoms with van der Waals surface area (Å²) < 4.78 is 6.39. The van der Waals surface area contributed by atoms with Gasteiger partial charge in [-0.3, -0.25) is 0 Å². The highest BCUT2D eigenvalue weighted by molar-refractivity contribution is 5.96. The van der Waals surface area contributed by atoms with E-state index in [1.807, 2.05) is 0 Å². The van der Waals surface area contributed by atoms with Crippen LogP contribution in [-0.2, 0) is 5.41 Å². The molecule has 2 aliphatic rings. The van der Waals surface area contributed by atoms with Gasteiger partial charge in [-0.25, -0.2) is 0 Å². The van der Waals surface area contributed by atoms with Crippen LogP contribution >= 0.6 is 0 Å². The predicted octanol–water partition coefficient (Wildman–Crippen LogP) is 14.1. The highest BCUT2D eigenvalue weighted by atomic mass is 16.5. The Balaban J connectivity index is 1.17. The smallest absolute Gasteiger partial charge is 0.120 e. The molecule has 0 fully saturated rings. The van der Waals surface area contributed by atoms with Crippen LogP contribution in [0.15, 0.2) is 194 Å². The van der Waals surface area contributed by atoms with E-state index in [1.54, 1.807) is 0 Å². The van der Waals surface area contributed by atoms with E-state index in [1.165, 1.54) is 50.1 Å². The number of hydrogen-bond donors (Lipinski definition) is 0. The molecule has 8 aromatic carbocycles. The van der Waals surface area contributed by atoms with Gasteiger partial charge in [-0.05, 0) is 150 Å². The number of ether oxygens (including phenoxy) is 1. The molecule has 56 heavy (non-hydrogen) atoms. The molecule has 1 atom stereocenters. The molecule has 1 unspecified atom stereocenters. The summed E-state index contributed by atoms with van der Waals surface area (Å²) in [6.07, 6.45) is 0.0723. The quantitative estimate of drug-likeness (QED) is 0.155. The Morgan fingerprint density at radius 2 is 0.786 bits per heavy atom. The van der Waals surface area contributed by atoms with Crippen LogP contribution in [0.2, 0.25) is 0 Å². The lowest BCUT2D eigenvalue weighted by Gasteiger charge is -2.33. The first-order chi connectivity index (χ1) is 27.5. The number of nitrogens with zero attached hydrogens (tertiary/aromatic N) is 2. The van der Waals surface area contributed by atoms with E-state index in [-0.39, 0.29) is 6.10 Å². The Hall–Kier alpha value is -6.84. The summed E-state index contributed by atoms with van der Waals surface area (Å²) in [4.78, 5) is 4.70. The molecular formula is C53H42N2O. The molecule has 0 bridgehead atoms. The summed E-state index contributed by atoms with van der Waals surface area (Å²) in [6, 6.07) is 70.6. The van der Waals surface area contributed by atoms with Crippen LogP contribution in [0.1, 0.15) is 41.7 Å². The first kappa shape index (κ1) is 33.7. The number of anilines is 6. The van der Waals surface area contributed by atoms with Crippen LogP contribution in [0.25, 0.3) is 22.3 Å². The van der Waals surface area contributed by atoms with Gasteiger partial charge < -0.3 is 14.5 Å². The van der Waals surface area contributed by atoms with Gasteiger partial charge in [0.1, 0.15) is 5.75 Å². The van der Waals surface area contributed by atoms with Gasteiger partial charge in [-0.1, -0.05) is 115 Å². The van der Waals surface area contributed by atoms with Crippen molar-refractivity contribution in [2.24, 2.45) is 0 Å². The molecule has 10 rings (SSSR count). The number of fused-ring (bicyclic) bond motifs is 10. The molecule has 0 N–H and O–H groups in total. The molecule has 0 radical (unpaired) electrons. The molecule has 0 aromatic heterocycles. The summed E-state index contributed by atoms with van der Waals surface area (Å²) in [6.45, 7) is 6.40. The topological polar surface area (TPSA) is 15.7 Å². The number of benzene rings is 8. The van der Waals surface area contributed by atoms with Gasteiger partial charge in [0, 0.05) is 34.1 Å². The largest absolute Gasteiger partial charge is 0.491 e. The van der Waals surface area contributed by atoms with E-state index in [9.17, 15) is 0 Å². The second kappa shape index (κ2) is 13.5. The van der Waals surface area contributed by atoms with Crippen LogP contribution < -0.4 is 14.5 Å². The zero-order chi connectivity index (χ0) is 37.8. The molecule has 2 aliphatic carbocycles. The van der Waals surface area contributed by atoms with Gasteiger partial charge in [0.25, 0.3) is 0 Å². The van der Waals surface area contributed by atoms with Crippen LogP contribution in [0, 0.1) is 6.92 Å². The first-order valence-corrected chi connectivity index (χ1v) is 19.5. The van der Waals surface area contributed by atoms with E-state index in [2.05, 4.69) is 225 Å². The molecule has 3 heteroatoms. The third-order valence-corrected chi connectivity index (χ3v) is 11.3. The Labute approximate surface area is 329 Å². The summed E-state index contributed by atoms with van der Waals surface area (Å²) in [7, 11) is 0. The summed E-state index contributed by atoms with van der Waals surface area (Å²) >= 11 is 0. The maximum atomic E-state index is 6.39. The van der Waals surface area contributed by atoms with Gasteiger partial charge in [0.2, 0.25) is 0 Å². The van der Waals surface area contributed by atoms with E-state index >= 15 is 0 Å². The van der Waals surface area contributed by atoms with E-state index < -0.39 is 5.41 Å². The Bertz CT molecular complexity index is 2670. The summed E-state index contributed by atoms with van der Waals surface area (Å²) in [5.74, 6) is 0.899. The summed E-state index contributed by atoms with van der Waals surface area (Å²) in [5, 5.41) is 0. The van der Waals surface area contributed by atoms with E-state index in [0.29, 0.717) is 0 Å². The van der Waals surface area contributed by atoms with Crippen molar-refractivity contribution in [1.82, 2.24) is 0 Å². The molecule has 1 spiro atoms. The van der Waals surface area contributed by atoms with Crippen molar-refractivity contribution in [3.63, 3.8) is 0 Å². The molecule has 3 nitrogen and oxygen atoms in total. The van der Waals surface area contributed by atoms with Crippen molar-refractivity contribution in [3.8, 4) is 28.0 Å².